The molecule has 0 saturated heterocycles. The minimum atomic E-state index is -0.944. The van der Waals surface area contributed by atoms with E-state index in [-0.39, 0.29) is 10.8 Å². The van der Waals surface area contributed by atoms with Crippen molar-refractivity contribution in [2.45, 2.75) is 51.0 Å². The number of anilines is 1. The first-order valence-electron chi connectivity index (χ1n) is 7.35. The van der Waals surface area contributed by atoms with Crippen LogP contribution in [0.25, 0.3) is 0 Å². The molecule has 2 amide bonds. The van der Waals surface area contributed by atoms with Crippen molar-refractivity contribution in [3.63, 3.8) is 0 Å². The smallest absolute Gasteiger partial charge is 0.319 e. The summed E-state index contributed by atoms with van der Waals surface area (Å²) in [7, 11) is -0.944. The molecular formula is C16H26N2O2S. The fourth-order valence-electron chi connectivity index (χ4n) is 1.66. The van der Waals surface area contributed by atoms with Crippen LogP contribution < -0.4 is 10.6 Å². The van der Waals surface area contributed by atoms with E-state index in [0.717, 1.165) is 24.1 Å². The van der Waals surface area contributed by atoms with E-state index in [0.29, 0.717) is 12.3 Å². The molecule has 4 nitrogen and oxygen atoms in total. The van der Waals surface area contributed by atoms with Crippen molar-refractivity contribution in [1.82, 2.24) is 5.32 Å². The van der Waals surface area contributed by atoms with Crippen LogP contribution in [0.5, 0.6) is 0 Å². The third-order valence-corrected chi connectivity index (χ3v) is 4.94. The van der Waals surface area contributed by atoms with Gasteiger partial charge in [-0.05, 0) is 44.9 Å². The second kappa shape index (κ2) is 8.17. The number of nitrogens with one attached hydrogen (secondary N) is 2. The first-order valence-corrected chi connectivity index (χ1v) is 8.67. The molecule has 0 spiro atoms. The van der Waals surface area contributed by atoms with Crippen molar-refractivity contribution in [3.05, 3.63) is 29.8 Å². The number of unbranched alkanes of at least 4 members (excludes halogenated alkanes) is 1. The van der Waals surface area contributed by atoms with Crippen LogP contribution in [0.1, 0.15) is 46.1 Å². The molecule has 0 aromatic heterocycles. The molecule has 0 radical (unpaired) electrons. The van der Waals surface area contributed by atoms with Crippen LogP contribution in [0.4, 0.5) is 10.5 Å². The van der Waals surface area contributed by atoms with E-state index in [1.54, 1.807) is 0 Å². The number of carbonyl (C=O) groups is 1. The van der Waals surface area contributed by atoms with E-state index in [9.17, 15) is 9.00 Å². The second-order valence-corrected chi connectivity index (χ2v) is 8.24. The molecule has 0 bridgehead atoms. The SMILES string of the molecule is CCCCNC(=O)Nc1cccc(C[S@](=O)C(C)(C)C)c1. The summed E-state index contributed by atoms with van der Waals surface area (Å²) in [4.78, 5) is 11.7. The minimum absolute atomic E-state index is 0.197. The molecule has 21 heavy (non-hydrogen) atoms. The van der Waals surface area contributed by atoms with Gasteiger partial charge in [0.15, 0.2) is 0 Å². The van der Waals surface area contributed by atoms with Gasteiger partial charge in [0.2, 0.25) is 0 Å². The van der Waals surface area contributed by atoms with Gasteiger partial charge in [0.1, 0.15) is 0 Å². The lowest BCUT2D eigenvalue weighted by Gasteiger charge is -2.18. The van der Waals surface area contributed by atoms with Gasteiger partial charge in [-0.15, -0.1) is 0 Å². The highest BCUT2D eigenvalue weighted by Gasteiger charge is 2.19. The standard InChI is InChI=1S/C16H26N2O2S/c1-5-6-10-17-15(19)18-14-9-7-8-13(11-14)12-21(20)16(2,3)4/h7-9,11H,5-6,10,12H2,1-4H3,(H2,17,18,19)/t21-/m0/s1. The van der Waals surface area contributed by atoms with Crippen molar-refractivity contribution < 1.29 is 9.00 Å². The Labute approximate surface area is 130 Å². The lowest BCUT2D eigenvalue weighted by atomic mass is 10.2. The van der Waals surface area contributed by atoms with Crippen molar-refractivity contribution in [3.8, 4) is 0 Å². The first kappa shape index (κ1) is 17.7. The maximum atomic E-state index is 12.2. The summed E-state index contributed by atoms with van der Waals surface area (Å²) < 4.78 is 11.9. The van der Waals surface area contributed by atoms with Gasteiger partial charge in [0.05, 0.1) is 0 Å². The molecule has 2 N–H and O–H groups in total. The van der Waals surface area contributed by atoms with Gasteiger partial charge < -0.3 is 10.6 Å². The van der Waals surface area contributed by atoms with E-state index in [1.807, 2.05) is 45.0 Å². The Bertz CT molecular complexity index is 495. The molecule has 1 aromatic rings. The molecule has 1 aromatic carbocycles. The summed E-state index contributed by atoms with van der Waals surface area (Å²) in [5, 5.41) is 5.61. The monoisotopic (exact) mass is 310 g/mol. The molecule has 0 unspecified atom stereocenters. The Balaban J connectivity index is 2.60. The molecular weight excluding hydrogens is 284 g/mol. The summed E-state index contributed by atoms with van der Waals surface area (Å²) >= 11 is 0. The summed E-state index contributed by atoms with van der Waals surface area (Å²) in [5.74, 6) is 0.497. The first-order chi connectivity index (χ1) is 9.82. The zero-order valence-electron chi connectivity index (χ0n) is 13.4. The highest BCUT2D eigenvalue weighted by atomic mass is 32.2. The Morgan fingerprint density at radius 3 is 2.62 bits per heavy atom. The van der Waals surface area contributed by atoms with Gasteiger partial charge in [-0.25, -0.2) is 4.79 Å². The van der Waals surface area contributed by atoms with Gasteiger partial charge in [0, 0.05) is 33.5 Å². The summed E-state index contributed by atoms with van der Waals surface area (Å²) in [6, 6.07) is 7.32. The average Bonchev–Trinajstić information content (AvgIpc) is 2.38. The minimum Gasteiger partial charge on any atom is -0.338 e. The normalized spacial score (nSPS) is 12.8. The molecule has 0 saturated carbocycles. The van der Waals surface area contributed by atoms with Crippen LogP contribution in [-0.2, 0) is 16.6 Å². The van der Waals surface area contributed by atoms with Crippen molar-refractivity contribution in [2.24, 2.45) is 0 Å². The zero-order chi connectivity index (χ0) is 15.9. The molecule has 0 heterocycles. The molecule has 1 atom stereocenters. The molecule has 0 fully saturated rings. The van der Waals surface area contributed by atoms with Crippen LogP contribution in [0, 0.1) is 0 Å². The van der Waals surface area contributed by atoms with Crippen LogP contribution in [0.2, 0.25) is 0 Å². The Morgan fingerprint density at radius 2 is 2.00 bits per heavy atom. The third kappa shape index (κ3) is 6.76. The van der Waals surface area contributed by atoms with E-state index < -0.39 is 10.8 Å². The number of rotatable bonds is 6. The number of hydrogen-bond acceptors (Lipinski definition) is 2. The predicted molar refractivity (Wildman–Crippen MR) is 90.0 cm³/mol. The lowest BCUT2D eigenvalue weighted by Crippen LogP contribution is -2.29. The number of hydrogen-bond donors (Lipinski definition) is 2. The number of amides is 2. The number of benzene rings is 1. The van der Waals surface area contributed by atoms with Gasteiger partial charge in [0.25, 0.3) is 0 Å². The fraction of sp³-hybridized carbons (Fsp3) is 0.562. The van der Waals surface area contributed by atoms with Gasteiger partial charge >= 0.3 is 6.03 Å². The van der Waals surface area contributed by atoms with Crippen LogP contribution in [-0.4, -0.2) is 21.5 Å². The largest absolute Gasteiger partial charge is 0.338 e. The third-order valence-electron chi connectivity index (χ3n) is 2.98. The Morgan fingerprint density at radius 1 is 1.29 bits per heavy atom. The maximum Gasteiger partial charge on any atom is 0.319 e. The molecule has 1 rings (SSSR count). The van der Waals surface area contributed by atoms with Crippen LogP contribution in [0.15, 0.2) is 24.3 Å². The number of carbonyl (C=O) groups excluding carboxylic acids is 1. The molecule has 0 aliphatic carbocycles. The maximum absolute atomic E-state index is 12.2. The lowest BCUT2D eigenvalue weighted by molar-refractivity contribution is 0.252. The quantitative estimate of drug-likeness (QED) is 0.788. The molecule has 0 aliphatic rings. The predicted octanol–water partition coefficient (Wildman–Crippen LogP) is 3.66. The van der Waals surface area contributed by atoms with Crippen molar-refractivity contribution >= 4 is 22.5 Å². The van der Waals surface area contributed by atoms with Crippen molar-refractivity contribution in [2.75, 3.05) is 11.9 Å². The molecule has 118 valence electrons. The van der Waals surface area contributed by atoms with E-state index >= 15 is 0 Å². The Kier molecular flexibility index (Phi) is 6.89. The highest BCUT2D eigenvalue weighted by molar-refractivity contribution is 7.85. The average molecular weight is 310 g/mol. The topological polar surface area (TPSA) is 58.2 Å². The zero-order valence-corrected chi connectivity index (χ0v) is 14.2. The van der Waals surface area contributed by atoms with Gasteiger partial charge in [-0.1, -0.05) is 25.5 Å². The number of urea groups is 1. The van der Waals surface area contributed by atoms with Crippen molar-refractivity contribution in [1.29, 1.82) is 0 Å². The molecule has 5 heteroatoms. The fourth-order valence-corrected chi connectivity index (χ4v) is 2.58. The van der Waals surface area contributed by atoms with E-state index in [4.69, 9.17) is 0 Å². The Hall–Kier alpha value is -1.36. The van der Waals surface area contributed by atoms with Gasteiger partial charge in [-0.3, -0.25) is 4.21 Å². The van der Waals surface area contributed by atoms with Crippen LogP contribution in [0.3, 0.4) is 0 Å². The van der Waals surface area contributed by atoms with E-state index in [2.05, 4.69) is 17.6 Å². The summed E-state index contributed by atoms with van der Waals surface area (Å²) in [6.07, 6.45) is 2.02. The highest BCUT2D eigenvalue weighted by Crippen LogP contribution is 2.18. The summed E-state index contributed by atoms with van der Waals surface area (Å²) in [5.41, 5.74) is 1.70. The van der Waals surface area contributed by atoms with E-state index in [1.165, 1.54) is 0 Å². The second-order valence-electron chi connectivity index (χ2n) is 6.04. The molecule has 0 aliphatic heterocycles. The summed E-state index contributed by atoms with van der Waals surface area (Å²) in [6.45, 7) is 8.65. The van der Waals surface area contributed by atoms with Gasteiger partial charge in [-0.2, -0.15) is 0 Å². The van der Waals surface area contributed by atoms with Crippen LogP contribution >= 0.6 is 0 Å².